The Balaban J connectivity index is 2.16. The smallest absolute Gasteiger partial charge is 0.263 e. The molecule has 6 nitrogen and oxygen atoms in total. The number of carbonyl (C=O) groups excluding carboxylic acids is 2. The minimum absolute atomic E-state index is 0.410. The molecule has 25 heavy (non-hydrogen) atoms. The maximum absolute atomic E-state index is 13.6. The summed E-state index contributed by atoms with van der Waals surface area (Å²) in [7, 11) is 0. The van der Waals surface area contributed by atoms with Crippen LogP contribution in [0.25, 0.3) is 0 Å². The Morgan fingerprint density at radius 2 is 1.80 bits per heavy atom. The quantitative estimate of drug-likeness (QED) is 0.898. The van der Waals surface area contributed by atoms with Crippen molar-refractivity contribution in [1.29, 1.82) is 10.5 Å². The summed E-state index contributed by atoms with van der Waals surface area (Å²) in [6.07, 6.45) is 2.18. The van der Waals surface area contributed by atoms with Crippen LogP contribution >= 0.6 is 0 Å². The van der Waals surface area contributed by atoms with Crippen LogP contribution in [0.2, 0.25) is 0 Å². The van der Waals surface area contributed by atoms with Gasteiger partial charge in [-0.05, 0) is 23.8 Å². The van der Waals surface area contributed by atoms with E-state index in [0.29, 0.717) is 5.56 Å². The number of benzene rings is 1. The van der Waals surface area contributed by atoms with Gasteiger partial charge in [0, 0.05) is 12.3 Å². The molecule has 0 aliphatic heterocycles. The van der Waals surface area contributed by atoms with Gasteiger partial charge in [-0.25, -0.2) is 8.78 Å². The fourth-order valence-electron chi connectivity index (χ4n) is 2.28. The maximum Gasteiger partial charge on any atom is 0.263 e. The van der Waals surface area contributed by atoms with Crippen molar-refractivity contribution < 1.29 is 22.8 Å². The molecule has 1 N–H and O–H groups in total. The van der Waals surface area contributed by atoms with E-state index in [-0.39, 0.29) is 0 Å². The summed E-state index contributed by atoms with van der Waals surface area (Å²) in [5.74, 6) is -6.35. The molecule has 0 radical (unpaired) electrons. The Hall–Kier alpha value is -3.52. The van der Waals surface area contributed by atoms with E-state index in [4.69, 9.17) is 14.9 Å². The van der Waals surface area contributed by atoms with Gasteiger partial charge in [0.2, 0.25) is 5.91 Å². The molecule has 126 valence electrons. The molecule has 0 spiro atoms. The Labute approximate surface area is 141 Å². The van der Waals surface area contributed by atoms with Gasteiger partial charge in [0.05, 0.1) is 24.7 Å². The van der Waals surface area contributed by atoms with Crippen molar-refractivity contribution in [2.24, 2.45) is 5.92 Å². The first-order valence-corrected chi connectivity index (χ1v) is 7.07. The molecule has 2 amide bonds. The first-order valence-electron chi connectivity index (χ1n) is 7.07. The Morgan fingerprint density at radius 1 is 1.16 bits per heavy atom. The first kappa shape index (κ1) is 17.8. The zero-order chi connectivity index (χ0) is 18.4. The van der Waals surface area contributed by atoms with Gasteiger partial charge in [-0.3, -0.25) is 14.9 Å². The van der Waals surface area contributed by atoms with Crippen molar-refractivity contribution >= 4 is 11.8 Å². The van der Waals surface area contributed by atoms with Gasteiger partial charge in [0.1, 0.15) is 23.1 Å². The first-order chi connectivity index (χ1) is 12.0. The Kier molecular flexibility index (Phi) is 5.59. The van der Waals surface area contributed by atoms with Crippen LogP contribution in [0, 0.1) is 40.2 Å². The largest absolute Gasteiger partial charge is 0.472 e. The molecule has 8 heteroatoms. The van der Waals surface area contributed by atoms with Gasteiger partial charge in [-0.1, -0.05) is 6.07 Å². The van der Waals surface area contributed by atoms with E-state index in [9.17, 15) is 18.4 Å². The van der Waals surface area contributed by atoms with Crippen molar-refractivity contribution in [3.05, 3.63) is 59.6 Å². The number of halogens is 2. The van der Waals surface area contributed by atoms with Crippen molar-refractivity contribution in [3.63, 3.8) is 0 Å². The molecule has 2 rings (SSSR count). The monoisotopic (exact) mass is 343 g/mol. The lowest BCUT2D eigenvalue weighted by Crippen LogP contribution is -2.33. The van der Waals surface area contributed by atoms with Gasteiger partial charge in [0.15, 0.2) is 0 Å². The van der Waals surface area contributed by atoms with Crippen LogP contribution in [-0.2, 0) is 4.79 Å². The minimum atomic E-state index is -1.24. The summed E-state index contributed by atoms with van der Waals surface area (Å²) in [5.41, 5.74) is -0.458. The average Bonchev–Trinajstić information content (AvgIpc) is 3.09. The third kappa shape index (κ3) is 4.06. The van der Waals surface area contributed by atoms with Gasteiger partial charge in [0.25, 0.3) is 5.91 Å². The number of furan rings is 1. The second-order valence-electron chi connectivity index (χ2n) is 5.08. The Morgan fingerprint density at radius 3 is 2.32 bits per heavy atom. The second-order valence-corrected chi connectivity index (χ2v) is 5.08. The fraction of sp³-hybridized carbons (Fsp3) is 0.176. The highest BCUT2D eigenvalue weighted by Gasteiger charge is 2.28. The van der Waals surface area contributed by atoms with Crippen LogP contribution in [0.4, 0.5) is 8.78 Å². The zero-order valence-electron chi connectivity index (χ0n) is 12.7. The summed E-state index contributed by atoms with van der Waals surface area (Å²) in [6, 6.07) is 7.87. The highest BCUT2D eigenvalue weighted by molar-refractivity contribution is 6.05. The van der Waals surface area contributed by atoms with Gasteiger partial charge >= 0.3 is 0 Å². The highest BCUT2D eigenvalue weighted by atomic mass is 19.1. The molecule has 0 saturated carbocycles. The second kappa shape index (κ2) is 7.84. The number of hydrogen-bond donors (Lipinski definition) is 1. The molecule has 2 aromatic rings. The zero-order valence-corrected chi connectivity index (χ0v) is 12.7. The number of imide groups is 1. The van der Waals surface area contributed by atoms with E-state index in [1.54, 1.807) is 12.1 Å². The highest BCUT2D eigenvalue weighted by Crippen LogP contribution is 2.28. The molecule has 1 aromatic carbocycles. The molecule has 1 atom stereocenters. The molecule has 1 heterocycles. The summed E-state index contributed by atoms with van der Waals surface area (Å²) in [5, 5.41) is 19.9. The summed E-state index contributed by atoms with van der Waals surface area (Å²) in [6.45, 7) is 0. The van der Waals surface area contributed by atoms with E-state index >= 15 is 0 Å². The molecule has 0 aliphatic carbocycles. The number of nitrogens with zero attached hydrogens (tertiary/aromatic N) is 2. The Bertz CT molecular complexity index is 832. The van der Waals surface area contributed by atoms with Gasteiger partial charge < -0.3 is 4.42 Å². The molecular weight excluding hydrogens is 332 g/mol. The number of nitrogens with one attached hydrogen (secondary N) is 1. The van der Waals surface area contributed by atoms with E-state index in [2.05, 4.69) is 0 Å². The molecule has 0 bridgehead atoms. The number of amides is 2. The van der Waals surface area contributed by atoms with Crippen LogP contribution in [0.5, 0.6) is 0 Å². The van der Waals surface area contributed by atoms with E-state index in [0.717, 1.165) is 18.2 Å². The number of carbonyl (C=O) groups is 2. The molecule has 0 fully saturated rings. The number of rotatable bonds is 5. The summed E-state index contributed by atoms with van der Waals surface area (Å²) in [4.78, 5) is 24.0. The number of hydrogen-bond acceptors (Lipinski definition) is 5. The summed E-state index contributed by atoms with van der Waals surface area (Å²) >= 11 is 0. The lowest BCUT2D eigenvalue weighted by atomic mass is 9.86. The SMILES string of the molecule is N#CC(C#N)[C@@H](CC(=O)NC(=O)c1c(F)cccc1F)c1ccoc1. The van der Waals surface area contributed by atoms with Crippen molar-refractivity contribution in [1.82, 2.24) is 5.32 Å². The van der Waals surface area contributed by atoms with Crippen LogP contribution < -0.4 is 5.32 Å². The standard InChI is InChI=1S/C17H11F2N3O3/c18-13-2-1-3-14(19)16(13)17(24)22-15(23)6-12(11(7-20)8-21)10-4-5-25-9-10/h1-5,9,11-12H,6H2,(H,22,23,24)/t12-/m0/s1. The van der Waals surface area contributed by atoms with Crippen molar-refractivity contribution in [2.75, 3.05) is 0 Å². The predicted molar refractivity (Wildman–Crippen MR) is 79.6 cm³/mol. The third-order valence-electron chi connectivity index (χ3n) is 3.50. The van der Waals surface area contributed by atoms with Crippen LogP contribution in [0.3, 0.4) is 0 Å². The topological polar surface area (TPSA) is 107 Å². The lowest BCUT2D eigenvalue weighted by Gasteiger charge is -2.15. The predicted octanol–water partition coefficient (Wildman–Crippen LogP) is 2.65. The molecule has 0 saturated heterocycles. The normalized spacial score (nSPS) is 11.4. The van der Waals surface area contributed by atoms with Crippen LogP contribution in [-0.4, -0.2) is 11.8 Å². The van der Waals surface area contributed by atoms with E-state index in [1.165, 1.54) is 18.6 Å². The fourth-order valence-corrected chi connectivity index (χ4v) is 2.28. The van der Waals surface area contributed by atoms with Crippen LogP contribution in [0.15, 0.2) is 41.2 Å². The minimum Gasteiger partial charge on any atom is -0.472 e. The van der Waals surface area contributed by atoms with Crippen molar-refractivity contribution in [2.45, 2.75) is 12.3 Å². The van der Waals surface area contributed by atoms with E-state index in [1.807, 2.05) is 5.32 Å². The third-order valence-corrected chi connectivity index (χ3v) is 3.50. The van der Waals surface area contributed by atoms with Gasteiger partial charge in [-0.2, -0.15) is 10.5 Å². The maximum atomic E-state index is 13.6. The molecule has 0 unspecified atom stereocenters. The van der Waals surface area contributed by atoms with Crippen LogP contribution in [0.1, 0.15) is 28.3 Å². The summed E-state index contributed by atoms with van der Waals surface area (Å²) < 4.78 is 32.0. The van der Waals surface area contributed by atoms with Gasteiger partial charge in [-0.15, -0.1) is 0 Å². The molecular formula is C17H11F2N3O3. The molecule has 1 aromatic heterocycles. The molecule has 0 aliphatic rings. The average molecular weight is 343 g/mol. The van der Waals surface area contributed by atoms with E-state index < -0.39 is 47.3 Å². The van der Waals surface area contributed by atoms with Crippen molar-refractivity contribution in [3.8, 4) is 12.1 Å². The number of nitriles is 2. The lowest BCUT2D eigenvalue weighted by molar-refractivity contribution is -0.120.